The van der Waals surface area contributed by atoms with Gasteiger partial charge in [-0.05, 0) is 27.2 Å². The molecule has 2 aromatic rings. The minimum atomic E-state index is -0.559. The number of thiazole rings is 1. The van der Waals surface area contributed by atoms with Crippen molar-refractivity contribution < 1.29 is 19.1 Å². The van der Waals surface area contributed by atoms with Gasteiger partial charge in [0.15, 0.2) is 15.5 Å². The lowest BCUT2D eigenvalue weighted by Crippen LogP contribution is -2.42. The van der Waals surface area contributed by atoms with Crippen molar-refractivity contribution in [3.8, 4) is 5.88 Å². The van der Waals surface area contributed by atoms with Crippen molar-refractivity contribution in [2.45, 2.75) is 38.8 Å². The van der Waals surface area contributed by atoms with Crippen LogP contribution in [0, 0.1) is 0 Å². The molecule has 2 aromatic heterocycles. The number of hydrogen-bond donors (Lipinski definition) is 2. The monoisotopic (exact) mass is 394 g/mol. The Morgan fingerprint density at radius 3 is 2.81 bits per heavy atom. The lowest BCUT2D eigenvalue weighted by atomic mass is 10.2. The topological polar surface area (TPSA) is 119 Å². The van der Waals surface area contributed by atoms with Crippen molar-refractivity contribution in [2.24, 2.45) is 0 Å². The summed E-state index contributed by atoms with van der Waals surface area (Å²) in [4.78, 5) is 39.0. The number of urea groups is 1. The van der Waals surface area contributed by atoms with E-state index in [2.05, 4.69) is 25.6 Å². The van der Waals surface area contributed by atoms with E-state index in [0.717, 1.165) is 0 Å². The molecule has 0 spiro atoms. The quantitative estimate of drug-likeness (QED) is 0.819. The van der Waals surface area contributed by atoms with E-state index in [-0.39, 0.29) is 12.1 Å². The van der Waals surface area contributed by atoms with E-state index >= 15 is 0 Å². The van der Waals surface area contributed by atoms with Crippen LogP contribution in [-0.2, 0) is 4.74 Å². The van der Waals surface area contributed by atoms with E-state index in [0.29, 0.717) is 40.9 Å². The van der Waals surface area contributed by atoms with Gasteiger partial charge in [-0.25, -0.2) is 19.6 Å². The number of rotatable bonds is 3. The van der Waals surface area contributed by atoms with Gasteiger partial charge in [-0.2, -0.15) is 4.98 Å². The Balaban J connectivity index is 1.57. The van der Waals surface area contributed by atoms with Gasteiger partial charge < -0.3 is 19.7 Å². The minimum absolute atomic E-state index is 0.146. The molecule has 1 atom stereocenters. The lowest BCUT2D eigenvalue weighted by Gasteiger charge is -2.22. The molecule has 3 rings (SSSR count). The second-order valence-corrected chi connectivity index (χ2v) is 8.04. The SMILES string of the molecule is COc1ncnc2sc(NC(=O)N3CC[C@H](NC(=O)OC(C)(C)C)C3)nc12. The average molecular weight is 394 g/mol. The van der Waals surface area contributed by atoms with Gasteiger partial charge in [0.25, 0.3) is 0 Å². The number of hydrogen-bond acceptors (Lipinski definition) is 8. The number of nitrogens with one attached hydrogen (secondary N) is 2. The minimum Gasteiger partial charge on any atom is -0.479 e. The predicted octanol–water partition coefficient (Wildman–Crippen LogP) is 2.23. The number of amides is 3. The highest BCUT2D eigenvalue weighted by atomic mass is 32.1. The van der Waals surface area contributed by atoms with Crippen LogP contribution in [0.5, 0.6) is 5.88 Å². The first-order valence-electron chi connectivity index (χ1n) is 8.46. The molecule has 1 fully saturated rings. The van der Waals surface area contributed by atoms with Crippen LogP contribution < -0.4 is 15.4 Å². The molecule has 1 saturated heterocycles. The first-order valence-corrected chi connectivity index (χ1v) is 9.28. The molecule has 3 heterocycles. The third kappa shape index (κ3) is 4.73. The number of likely N-dealkylation sites (tertiary alicyclic amines) is 1. The first kappa shape index (κ1) is 19.1. The molecule has 0 saturated carbocycles. The fourth-order valence-corrected chi connectivity index (χ4v) is 3.43. The number of ether oxygens (including phenoxy) is 2. The van der Waals surface area contributed by atoms with Crippen molar-refractivity contribution in [2.75, 3.05) is 25.5 Å². The summed E-state index contributed by atoms with van der Waals surface area (Å²) in [5.74, 6) is 0.361. The predicted molar refractivity (Wildman–Crippen MR) is 100 cm³/mol. The van der Waals surface area contributed by atoms with Crippen LogP contribution in [0.15, 0.2) is 6.33 Å². The number of carbonyl (C=O) groups is 2. The highest BCUT2D eigenvalue weighted by Gasteiger charge is 2.29. The van der Waals surface area contributed by atoms with Crippen LogP contribution >= 0.6 is 11.3 Å². The largest absolute Gasteiger partial charge is 0.479 e. The van der Waals surface area contributed by atoms with Gasteiger partial charge in [-0.15, -0.1) is 0 Å². The molecule has 3 amide bonds. The van der Waals surface area contributed by atoms with Crippen molar-refractivity contribution >= 4 is 38.9 Å². The summed E-state index contributed by atoms with van der Waals surface area (Å²) in [5, 5.41) is 5.97. The van der Waals surface area contributed by atoms with Crippen LogP contribution in [0.4, 0.5) is 14.7 Å². The van der Waals surface area contributed by atoms with E-state index < -0.39 is 11.7 Å². The average Bonchev–Trinajstić information content (AvgIpc) is 3.18. The zero-order valence-electron chi connectivity index (χ0n) is 15.6. The number of aromatic nitrogens is 3. The number of methoxy groups -OCH3 is 1. The summed E-state index contributed by atoms with van der Waals surface area (Å²) < 4.78 is 10.4. The van der Waals surface area contributed by atoms with Crippen LogP contribution in [0.2, 0.25) is 0 Å². The van der Waals surface area contributed by atoms with Crippen LogP contribution in [0.25, 0.3) is 10.3 Å². The standard InChI is InChI=1S/C16H22N6O4S/c1-16(2,3)26-15(24)19-9-5-6-22(7-9)14(23)21-13-20-10-11(25-4)17-8-18-12(10)27-13/h8-9H,5-7H2,1-4H3,(H,19,24)(H,20,21,23)/t9-/m0/s1. The highest BCUT2D eigenvalue weighted by molar-refractivity contribution is 7.22. The summed E-state index contributed by atoms with van der Waals surface area (Å²) in [7, 11) is 1.50. The normalized spacial score (nSPS) is 17.0. The molecule has 11 heteroatoms. The Morgan fingerprint density at radius 1 is 1.33 bits per heavy atom. The smallest absolute Gasteiger partial charge is 0.407 e. The third-order valence-corrected chi connectivity index (χ3v) is 4.64. The van der Waals surface area contributed by atoms with Crippen molar-refractivity contribution in [1.82, 2.24) is 25.2 Å². The second kappa shape index (κ2) is 7.51. The van der Waals surface area contributed by atoms with Gasteiger partial charge in [0.2, 0.25) is 5.88 Å². The number of nitrogens with zero attached hydrogens (tertiary/aromatic N) is 4. The molecule has 1 aliphatic rings. The zero-order valence-corrected chi connectivity index (χ0v) is 16.4. The number of alkyl carbamates (subject to hydrolysis) is 1. The maximum Gasteiger partial charge on any atom is 0.407 e. The first-order chi connectivity index (χ1) is 12.7. The summed E-state index contributed by atoms with van der Waals surface area (Å²) in [5.41, 5.74) is -0.0533. The molecule has 0 bridgehead atoms. The van der Waals surface area contributed by atoms with Crippen LogP contribution in [0.1, 0.15) is 27.2 Å². The van der Waals surface area contributed by atoms with Crippen molar-refractivity contribution in [3.63, 3.8) is 0 Å². The van der Waals surface area contributed by atoms with Gasteiger partial charge in [0, 0.05) is 13.1 Å². The maximum atomic E-state index is 12.5. The van der Waals surface area contributed by atoms with Gasteiger partial charge in [-0.3, -0.25) is 5.32 Å². The Morgan fingerprint density at radius 2 is 2.11 bits per heavy atom. The van der Waals surface area contributed by atoms with E-state index in [4.69, 9.17) is 9.47 Å². The fraction of sp³-hybridized carbons (Fsp3) is 0.562. The zero-order chi connectivity index (χ0) is 19.6. The lowest BCUT2D eigenvalue weighted by molar-refractivity contribution is 0.0506. The fourth-order valence-electron chi connectivity index (χ4n) is 2.64. The maximum absolute atomic E-state index is 12.5. The number of anilines is 1. The molecule has 0 aromatic carbocycles. The Labute approximate surface area is 160 Å². The molecule has 0 aliphatic carbocycles. The molecule has 2 N–H and O–H groups in total. The Kier molecular flexibility index (Phi) is 5.31. The number of carbonyl (C=O) groups excluding carboxylic acids is 2. The van der Waals surface area contributed by atoms with Crippen LogP contribution in [0.3, 0.4) is 0 Å². The Bertz CT molecular complexity index is 849. The van der Waals surface area contributed by atoms with Crippen molar-refractivity contribution in [1.29, 1.82) is 0 Å². The molecule has 146 valence electrons. The van der Waals surface area contributed by atoms with Gasteiger partial charge >= 0.3 is 12.1 Å². The molecule has 10 nitrogen and oxygen atoms in total. The van der Waals surface area contributed by atoms with Gasteiger partial charge in [-0.1, -0.05) is 11.3 Å². The second-order valence-electron chi connectivity index (χ2n) is 7.06. The molecular weight excluding hydrogens is 372 g/mol. The Hall–Kier alpha value is -2.69. The molecule has 27 heavy (non-hydrogen) atoms. The van der Waals surface area contributed by atoms with E-state index in [1.807, 2.05) is 0 Å². The molecule has 0 radical (unpaired) electrons. The van der Waals surface area contributed by atoms with E-state index in [9.17, 15) is 9.59 Å². The molecule has 1 aliphatic heterocycles. The summed E-state index contributed by atoms with van der Waals surface area (Å²) >= 11 is 1.24. The molecule has 0 unspecified atom stereocenters. The number of fused-ring (bicyclic) bond motifs is 1. The summed E-state index contributed by atoms with van der Waals surface area (Å²) in [6.07, 6.45) is 1.57. The van der Waals surface area contributed by atoms with Crippen molar-refractivity contribution in [3.05, 3.63) is 6.33 Å². The van der Waals surface area contributed by atoms with Gasteiger partial charge in [0.1, 0.15) is 11.9 Å². The third-order valence-electron chi connectivity index (χ3n) is 3.77. The highest BCUT2D eigenvalue weighted by Crippen LogP contribution is 2.29. The summed E-state index contributed by atoms with van der Waals surface area (Å²) in [6, 6.07) is -0.429. The van der Waals surface area contributed by atoms with E-state index in [1.165, 1.54) is 24.8 Å². The van der Waals surface area contributed by atoms with Crippen LogP contribution in [-0.4, -0.2) is 63.8 Å². The molecular formula is C16H22N6O4S. The van der Waals surface area contributed by atoms with E-state index in [1.54, 1.807) is 25.7 Å². The summed E-state index contributed by atoms with van der Waals surface area (Å²) in [6.45, 7) is 6.34. The van der Waals surface area contributed by atoms with Gasteiger partial charge in [0.05, 0.1) is 13.2 Å².